The number of aromatic amines is 2. The van der Waals surface area contributed by atoms with Crippen molar-refractivity contribution in [2.45, 2.75) is 31.5 Å². The van der Waals surface area contributed by atoms with E-state index in [0.29, 0.717) is 0 Å². The summed E-state index contributed by atoms with van der Waals surface area (Å²) in [6.45, 7) is 0.740. The van der Waals surface area contributed by atoms with E-state index in [-0.39, 0.29) is 12.1 Å². The average molecular weight is 548 g/mol. The molecule has 5 nitrogen and oxygen atoms in total. The van der Waals surface area contributed by atoms with Crippen molar-refractivity contribution in [1.29, 1.82) is 0 Å². The highest BCUT2D eigenvalue weighted by molar-refractivity contribution is 5.75. The van der Waals surface area contributed by atoms with Crippen LogP contribution in [0.25, 0.3) is 22.1 Å². The number of rotatable bonds is 10. The van der Waals surface area contributed by atoms with E-state index in [0.717, 1.165) is 53.1 Å². The van der Waals surface area contributed by atoms with Gasteiger partial charge in [-0.15, -0.1) is 0 Å². The molecule has 0 saturated carbocycles. The molecule has 2 unspecified atom stereocenters. The lowest BCUT2D eigenvalue weighted by molar-refractivity contribution is 0.111. The number of benzene rings is 5. The summed E-state index contributed by atoms with van der Waals surface area (Å²) in [7, 11) is 0. The Balaban J connectivity index is 1.41. The van der Waals surface area contributed by atoms with Gasteiger partial charge in [-0.05, 0) is 53.8 Å². The smallest absolute Gasteiger partial charge is 0.125 e. The van der Waals surface area contributed by atoms with Crippen molar-refractivity contribution in [3.05, 3.63) is 168 Å². The summed E-state index contributed by atoms with van der Waals surface area (Å²) in [5.41, 5.74) is 7.85. The van der Waals surface area contributed by atoms with Crippen molar-refractivity contribution in [2.24, 2.45) is 0 Å². The first-order valence-electron chi connectivity index (χ1n) is 14.6. The van der Waals surface area contributed by atoms with Crippen LogP contribution in [0.3, 0.4) is 0 Å². The third kappa shape index (κ3) is 5.60. The van der Waals surface area contributed by atoms with E-state index in [1.165, 1.54) is 16.7 Å². The third-order valence-electron chi connectivity index (χ3n) is 8.00. The lowest BCUT2D eigenvalue weighted by Gasteiger charge is -2.37. The van der Waals surface area contributed by atoms with Gasteiger partial charge in [-0.2, -0.15) is 0 Å². The van der Waals surface area contributed by atoms with Crippen LogP contribution in [0.1, 0.15) is 40.4 Å². The van der Waals surface area contributed by atoms with Crippen LogP contribution in [0.5, 0.6) is 0 Å². The summed E-state index contributed by atoms with van der Waals surface area (Å²) in [4.78, 5) is 20.3. The molecule has 2 heterocycles. The maximum atomic E-state index is 5.17. The van der Waals surface area contributed by atoms with Crippen molar-refractivity contribution < 1.29 is 0 Å². The van der Waals surface area contributed by atoms with Gasteiger partial charge in [0, 0.05) is 6.54 Å². The zero-order valence-electron chi connectivity index (χ0n) is 23.4. The van der Waals surface area contributed by atoms with Gasteiger partial charge in [0.2, 0.25) is 0 Å². The average Bonchev–Trinajstić information content (AvgIpc) is 3.68. The minimum Gasteiger partial charge on any atom is -0.341 e. The summed E-state index contributed by atoms with van der Waals surface area (Å²) in [5, 5.41) is 0. The number of imidazole rings is 2. The molecule has 2 atom stereocenters. The van der Waals surface area contributed by atoms with Crippen molar-refractivity contribution in [2.75, 3.05) is 0 Å². The number of aromatic nitrogens is 4. The number of hydrogen-bond acceptors (Lipinski definition) is 3. The Morgan fingerprint density at radius 2 is 0.833 bits per heavy atom. The molecule has 2 N–H and O–H groups in total. The molecule has 0 aliphatic carbocycles. The van der Waals surface area contributed by atoms with E-state index in [4.69, 9.17) is 9.97 Å². The van der Waals surface area contributed by atoms with Gasteiger partial charge in [0.25, 0.3) is 0 Å². The first-order valence-corrected chi connectivity index (χ1v) is 14.6. The lowest BCUT2D eigenvalue weighted by atomic mass is 9.97. The Morgan fingerprint density at radius 3 is 1.26 bits per heavy atom. The number of hydrogen-bond donors (Lipinski definition) is 2. The minimum absolute atomic E-state index is 0.0399. The zero-order valence-corrected chi connectivity index (χ0v) is 23.4. The molecule has 7 aromatic rings. The van der Waals surface area contributed by atoms with E-state index in [9.17, 15) is 0 Å². The molecule has 0 saturated heterocycles. The van der Waals surface area contributed by atoms with Gasteiger partial charge in [0.15, 0.2) is 0 Å². The molecular formula is C37H33N5. The molecule has 206 valence electrons. The van der Waals surface area contributed by atoms with Gasteiger partial charge in [0.05, 0.1) is 34.2 Å². The molecule has 0 amide bonds. The van der Waals surface area contributed by atoms with Crippen LogP contribution in [0, 0.1) is 0 Å². The molecule has 42 heavy (non-hydrogen) atoms. The first-order chi connectivity index (χ1) is 20.8. The summed E-state index contributed by atoms with van der Waals surface area (Å²) in [6.07, 6.45) is 1.61. The fourth-order valence-electron chi connectivity index (χ4n) is 5.91. The van der Waals surface area contributed by atoms with Gasteiger partial charge in [-0.25, -0.2) is 9.97 Å². The molecular weight excluding hydrogens is 514 g/mol. The number of fused-ring (bicyclic) bond motifs is 2. The summed E-state index contributed by atoms with van der Waals surface area (Å²) >= 11 is 0. The van der Waals surface area contributed by atoms with Gasteiger partial charge in [0.1, 0.15) is 11.6 Å². The second-order valence-electron chi connectivity index (χ2n) is 10.8. The maximum absolute atomic E-state index is 5.17. The summed E-state index contributed by atoms with van der Waals surface area (Å²) < 4.78 is 0. The van der Waals surface area contributed by atoms with Crippen LogP contribution in [-0.2, 0) is 19.4 Å². The van der Waals surface area contributed by atoms with Crippen LogP contribution in [-0.4, -0.2) is 24.8 Å². The standard InChI is InChI=1S/C37H33N5/c1-4-14-27(15-5-1)24-34(36-38-30-20-10-11-21-31(30)39-36)42(26-29-18-8-3-9-19-29)35(25-28-16-6-2-7-17-28)37-40-32-22-12-13-23-33(32)41-37/h1-23,34-35H,24-26H2,(H,38,39)(H,40,41). The number of H-pyrrole nitrogens is 2. The topological polar surface area (TPSA) is 60.6 Å². The van der Waals surface area contributed by atoms with E-state index < -0.39 is 0 Å². The van der Waals surface area contributed by atoms with Crippen LogP contribution < -0.4 is 0 Å². The third-order valence-corrected chi connectivity index (χ3v) is 8.00. The predicted octanol–water partition coefficient (Wildman–Crippen LogP) is 8.21. The van der Waals surface area contributed by atoms with Crippen molar-refractivity contribution >= 4 is 22.1 Å². The van der Waals surface area contributed by atoms with Gasteiger partial charge < -0.3 is 9.97 Å². The van der Waals surface area contributed by atoms with E-state index in [1.54, 1.807) is 0 Å². The Hall–Kier alpha value is -5.00. The molecule has 0 aliphatic heterocycles. The SMILES string of the molecule is c1ccc(CC(c2nc3ccccc3[nH]2)N(Cc2ccccc2)C(Cc2ccccc2)c2nc3ccccc3[nH]2)cc1. The lowest BCUT2D eigenvalue weighted by Crippen LogP contribution is -2.36. The normalized spacial score (nSPS) is 13.1. The molecule has 0 bridgehead atoms. The van der Waals surface area contributed by atoms with Gasteiger partial charge in [-0.3, -0.25) is 4.90 Å². The van der Waals surface area contributed by atoms with Crippen LogP contribution in [0.2, 0.25) is 0 Å². The second-order valence-corrected chi connectivity index (χ2v) is 10.8. The maximum Gasteiger partial charge on any atom is 0.125 e. The Bertz CT molecular complexity index is 1690. The molecule has 5 aromatic carbocycles. The van der Waals surface area contributed by atoms with Crippen molar-refractivity contribution in [1.82, 2.24) is 24.8 Å². The fourth-order valence-corrected chi connectivity index (χ4v) is 5.91. The monoisotopic (exact) mass is 547 g/mol. The van der Waals surface area contributed by atoms with Crippen molar-refractivity contribution in [3.8, 4) is 0 Å². The summed E-state index contributed by atoms with van der Waals surface area (Å²) in [6, 6.07) is 48.7. The minimum atomic E-state index is -0.0399. The molecule has 2 aromatic heterocycles. The van der Waals surface area contributed by atoms with Gasteiger partial charge >= 0.3 is 0 Å². The Morgan fingerprint density at radius 1 is 0.452 bits per heavy atom. The van der Waals surface area contributed by atoms with Crippen LogP contribution in [0.15, 0.2) is 140 Å². The fraction of sp³-hybridized carbons (Fsp3) is 0.135. The molecule has 7 rings (SSSR count). The van der Waals surface area contributed by atoms with Crippen LogP contribution in [0.4, 0.5) is 0 Å². The number of para-hydroxylation sites is 4. The largest absolute Gasteiger partial charge is 0.341 e. The first kappa shape index (κ1) is 25.9. The highest BCUT2D eigenvalue weighted by Gasteiger charge is 2.33. The van der Waals surface area contributed by atoms with Crippen molar-refractivity contribution in [3.63, 3.8) is 0 Å². The number of nitrogens with one attached hydrogen (secondary N) is 2. The zero-order chi connectivity index (χ0) is 28.1. The van der Waals surface area contributed by atoms with E-state index >= 15 is 0 Å². The van der Waals surface area contributed by atoms with E-state index in [2.05, 4.69) is 142 Å². The molecule has 0 fully saturated rings. The Labute approximate surface area is 245 Å². The second kappa shape index (κ2) is 11.9. The molecule has 5 heteroatoms. The molecule has 0 aliphatic rings. The quantitative estimate of drug-likeness (QED) is 0.181. The number of nitrogens with zero attached hydrogens (tertiary/aromatic N) is 3. The highest BCUT2D eigenvalue weighted by Crippen LogP contribution is 2.36. The molecule has 0 radical (unpaired) electrons. The Kier molecular flexibility index (Phi) is 7.32. The highest BCUT2D eigenvalue weighted by atomic mass is 15.2. The van der Waals surface area contributed by atoms with Crippen LogP contribution >= 0.6 is 0 Å². The predicted molar refractivity (Wildman–Crippen MR) is 170 cm³/mol. The molecule has 0 spiro atoms. The summed E-state index contributed by atoms with van der Waals surface area (Å²) in [5.74, 6) is 1.93. The van der Waals surface area contributed by atoms with Gasteiger partial charge in [-0.1, -0.05) is 115 Å². The van der Waals surface area contributed by atoms with E-state index in [1.807, 2.05) is 12.1 Å².